The van der Waals surface area contributed by atoms with Crippen LogP contribution in [0.1, 0.15) is 30.1 Å². The standard InChI is InChI=1S/C24H23NO5S/c1-17(26)18-9-11-21(12-10-18)31(28,29)25-15-13-20(14-16-25)24(27)30-23-8-4-6-19-5-2-3-7-22(19)23/h2-12,20H,13-16H2,1H3. The Balaban J connectivity index is 1.42. The molecule has 0 unspecified atom stereocenters. The summed E-state index contributed by atoms with van der Waals surface area (Å²) < 4.78 is 32.9. The minimum atomic E-state index is -3.67. The number of carbonyl (C=O) groups is 2. The third kappa shape index (κ3) is 4.38. The van der Waals surface area contributed by atoms with Crippen LogP contribution in [0.25, 0.3) is 10.8 Å². The van der Waals surface area contributed by atoms with E-state index in [4.69, 9.17) is 4.74 Å². The summed E-state index contributed by atoms with van der Waals surface area (Å²) in [7, 11) is -3.67. The van der Waals surface area contributed by atoms with Gasteiger partial charge in [0.25, 0.3) is 0 Å². The first-order valence-electron chi connectivity index (χ1n) is 10.2. The van der Waals surface area contributed by atoms with E-state index in [9.17, 15) is 18.0 Å². The van der Waals surface area contributed by atoms with Crippen LogP contribution in [0.3, 0.4) is 0 Å². The molecule has 0 radical (unpaired) electrons. The Bertz CT molecular complexity index is 1220. The largest absolute Gasteiger partial charge is 0.426 e. The highest BCUT2D eigenvalue weighted by atomic mass is 32.2. The minimum absolute atomic E-state index is 0.116. The summed E-state index contributed by atoms with van der Waals surface area (Å²) in [6.07, 6.45) is 0.794. The number of esters is 1. The molecule has 3 aromatic rings. The molecule has 1 aliphatic heterocycles. The van der Waals surface area contributed by atoms with Crippen LogP contribution >= 0.6 is 0 Å². The molecule has 3 aromatic carbocycles. The fourth-order valence-corrected chi connectivity index (χ4v) is 5.29. The smallest absolute Gasteiger partial charge is 0.314 e. The number of ketones is 1. The monoisotopic (exact) mass is 437 g/mol. The van der Waals surface area contributed by atoms with E-state index in [0.29, 0.717) is 24.2 Å². The lowest BCUT2D eigenvalue weighted by Gasteiger charge is -2.30. The molecule has 4 rings (SSSR count). The lowest BCUT2D eigenvalue weighted by molar-refractivity contribution is -0.140. The Morgan fingerprint density at radius 2 is 1.55 bits per heavy atom. The van der Waals surface area contributed by atoms with Gasteiger partial charge in [0.05, 0.1) is 10.8 Å². The predicted octanol–water partition coefficient (Wildman–Crippen LogP) is 4.05. The van der Waals surface area contributed by atoms with Gasteiger partial charge in [-0.25, -0.2) is 8.42 Å². The van der Waals surface area contributed by atoms with Crippen molar-refractivity contribution in [3.05, 3.63) is 72.3 Å². The molecule has 1 fully saturated rings. The van der Waals surface area contributed by atoms with Gasteiger partial charge in [-0.1, -0.05) is 48.5 Å². The molecular formula is C24H23NO5S. The van der Waals surface area contributed by atoms with E-state index in [1.165, 1.54) is 35.5 Å². The molecule has 1 heterocycles. The minimum Gasteiger partial charge on any atom is -0.426 e. The van der Waals surface area contributed by atoms with E-state index in [1.807, 2.05) is 36.4 Å². The first-order chi connectivity index (χ1) is 14.9. The van der Waals surface area contributed by atoms with Crippen LogP contribution in [-0.2, 0) is 14.8 Å². The average Bonchev–Trinajstić information content (AvgIpc) is 2.79. The second kappa shape index (κ2) is 8.61. The van der Waals surface area contributed by atoms with Gasteiger partial charge in [0.15, 0.2) is 5.78 Å². The van der Waals surface area contributed by atoms with Gasteiger partial charge in [0, 0.05) is 24.0 Å². The molecule has 0 atom stereocenters. The van der Waals surface area contributed by atoms with Crippen LogP contribution < -0.4 is 4.74 Å². The fraction of sp³-hybridized carbons (Fsp3) is 0.250. The van der Waals surface area contributed by atoms with Crippen molar-refractivity contribution in [2.24, 2.45) is 5.92 Å². The van der Waals surface area contributed by atoms with Gasteiger partial charge < -0.3 is 4.74 Å². The topological polar surface area (TPSA) is 80.8 Å². The number of nitrogens with zero attached hydrogens (tertiary/aromatic N) is 1. The highest BCUT2D eigenvalue weighted by Crippen LogP contribution is 2.29. The summed E-state index contributed by atoms with van der Waals surface area (Å²) in [6.45, 7) is 1.92. The number of ether oxygens (including phenoxy) is 1. The zero-order valence-electron chi connectivity index (χ0n) is 17.2. The molecule has 0 spiro atoms. The van der Waals surface area contributed by atoms with Crippen LogP contribution in [0, 0.1) is 5.92 Å². The van der Waals surface area contributed by atoms with Crippen molar-refractivity contribution in [3.63, 3.8) is 0 Å². The zero-order valence-corrected chi connectivity index (χ0v) is 18.0. The number of piperidine rings is 1. The quantitative estimate of drug-likeness (QED) is 0.342. The molecular weight excluding hydrogens is 414 g/mol. The Morgan fingerprint density at radius 1 is 0.903 bits per heavy atom. The maximum atomic E-state index is 12.9. The lowest BCUT2D eigenvalue weighted by atomic mass is 9.98. The van der Waals surface area contributed by atoms with Crippen LogP contribution in [0.4, 0.5) is 0 Å². The number of sulfonamides is 1. The van der Waals surface area contributed by atoms with Crippen molar-refractivity contribution in [3.8, 4) is 5.75 Å². The summed E-state index contributed by atoms with van der Waals surface area (Å²) in [5, 5.41) is 1.86. The summed E-state index contributed by atoms with van der Waals surface area (Å²) in [4.78, 5) is 24.3. The zero-order chi connectivity index (χ0) is 22.0. The second-order valence-electron chi connectivity index (χ2n) is 7.66. The summed E-state index contributed by atoms with van der Waals surface area (Å²) in [5.74, 6) is -0.289. The van der Waals surface area contributed by atoms with Gasteiger partial charge in [-0.15, -0.1) is 0 Å². The first-order valence-corrected chi connectivity index (χ1v) is 11.6. The molecule has 1 saturated heterocycles. The van der Waals surface area contributed by atoms with Gasteiger partial charge in [-0.2, -0.15) is 4.31 Å². The Hall–Kier alpha value is -3.03. The SMILES string of the molecule is CC(=O)c1ccc(S(=O)(=O)N2CCC(C(=O)Oc3cccc4ccccc34)CC2)cc1. The molecule has 160 valence electrons. The molecule has 0 saturated carbocycles. The first kappa shape index (κ1) is 21.2. The van der Waals surface area contributed by atoms with E-state index in [1.54, 1.807) is 6.07 Å². The second-order valence-corrected chi connectivity index (χ2v) is 9.60. The van der Waals surface area contributed by atoms with Crippen LogP contribution in [0.5, 0.6) is 5.75 Å². The van der Waals surface area contributed by atoms with Crippen molar-refractivity contribution in [2.75, 3.05) is 13.1 Å². The van der Waals surface area contributed by atoms with Gasteiger partial charge in [-0.3, -0.25) is 9.59 Å². The van der Waals surface area contributed by atoms with Crippen molar-refractivity contribution >= 4 is 32.5 Å². The van der Waals surface area contributed by atoms with Gasteiger partial charge in [0.1, 0.15) is 5.75 Å². The normalized spacial score (nSPS) is 15.6. The molecule has 1 aliphatic rings. The number of fused-ring (bicyclic) bond motifs is 1. The molecule has 0 N–H and O–H groups in total. The maximum Gasteiger partial charge on any atom is 0.314 e. The van der Waals surface area contributed by atoms with E-state index >= 15 is 0 Å². The maximum absolute atomic E-state index is 12.9. The van der Waals surface area contributed by atoms with E-state index in [0.717, 1.165) is 10.8 Å². The number of hydrogen-bond acceptors (Lipinski definition) is 5. The van der Waals surface area contributed by atoms with Crippen LogP contribution in [0.15, 0.2) is 71.6 Å². The van der Waals surface area contributed by atoms with Crippen molar-refractivity contribution < 1.29 is 22.7 Å². The highest BCUT2D eigenvalue weighted by Gasteiger charge is 2.33. The third-order valence-electron chi connectivity index (χ3n) is 5.65. The number of Topliss-reactive ketones (excluding diaryl/α,β-unsaturated/α-hetero) is 1. The molecule has 0 amide bonds. The average molecular weight is 438 g/mol. The summed E-state index contributed by atoms with van der Waals surface area (Å²) >= 11 is 0. The van der Waals surface area contributed by atoms with E-state index in [-0.39, 0.29) is 35.7 Å². The van der Waals surface area contributed by atoms with Crippen molar-refractivity contribution in [2.45, 2.75) is 24.7 Å². The van der Waals surface area contributed by atoms with Crippen LogP contribution in [-0.4, -0.2) is 37.6 Å². The predicted molar refractivity (Wildman–Crippen MR) is 118 cm³/mol. The molecule has 6 nitrogen and oxygen atoms in total. The van der Waals surface area contributed by atoms with Gasteiger partial charge >= 0.3 is 5.97 Å². The Labute approximate surface area is 181 Å². The summed E-state index contributed by atoms with van der Waals surface area (Å²) in [5.41, 5.74) is 0.467. The Morgan fingerprint density at radius 3 is 2.23 bits per heavy atom. The molecule has 0 aromatic heterocycles. The molecule has 0 bridgehead atoms. The van der Waals surface area contributed by atoms with Gasteiger partial charge in [-0.05, 0) is 43.4 Å². The van der Waals surface area contributed by atoms with E-state index < -0.39 is 10.0 Å². The number of benzene rings is 3. The summed E-state index contributed by atoms with van der Waals surface area (Å²) in [6, 6.07) is 19.2. The van der Waals surface area contributed by atoms with E-state index in [2.05, 4.69) is 0 Å². The molecule has 7 heteroatoms. The number of carbonyl (C=O) groups excluding carboxylic acids is 2. The number of rotatable bonds is 5. The number of hydrogen-bond donors (Lipinski definition) is 0. The van der Waals surface area contributed by atoms with Crippen molar-refractivity contribution in [1.82, 2.24) is 4.31 Å². The fourth-order valence-electron chi connectivity index (χ4n) is 3.82. The van der Waals surface area contributed by atoms with Crippen molar-refractivity contribution in [1.29, 1.82) is 0 Å². The molecule has 0 aliphatic carbocycles. The highest BCUT2D eigenvalue weighted by molar-refractivity contribution is 7.89. The van der Waals surface area contributed by atoms with Crippen LogP contribution in [0.2, 0.25) is 0 Å². The lowest BCUT2D eigenvalue weighted by Crippen LogP contribution is -2.41. The Kier molecular flexibility index (Phi) is 5.89. The molecule has 31 heavy (non-hydrogen) atoms. The van der Waals surface area contributed by atoms with Gasteiger partial charge in [0.2, 0.25) is 10.0 Å². The third-order valence-corrected chi connectivity index (χ3v) is 7.56.